The van der Waals surface area contributed by atoms with E-state index in [-0.39, 0.29) is 26.8 Å². The molecule has 0 atom stereocenters. The number of benzene rings is 2. The SMILES string of the molecule is Cc1cc(O)c2nc(Oc3[c-]c4c(cc3)c3ccccc3n4-c3ccccn3)cc(C)c2n1.[Pt]. The molecule has 0 aliphatic rings. The van der Waals surface area contributed by atoms with Crippen LogP contribution < -0.4 is 4.74 Å². The fourth-order valence-corrected chi connectivity index (χ4v) is 4.25. The second kappa shape index (κ2) is 8.54. The second-order valence-electron chi connectivity index (χ2n) is 7.98. The molecule has 0 saturated carbocycles. The monoisotopic (exact) mass is 626 g/mol. The second-order valence-corrected chi connectivity index (χ2v) is 7.98. The van der Waals surface area contributed by atoms with Gasteiger partial charge < -0.3 is 14.4 Å². The number of nitrogens with zero attached hydrogens (tertiary/aromatic N) is 4. The number of ether oxygens (including phenoxy) is 1. The topological polar surface area (TPSA) is 73.1 Å². The Hall–Kier alpha value is -3.76. The van der Waals surface area contributed by atoms with Crippen molar-refractivity contribution in [2.24, 2.45) is 0 Å². The quantitative estimate of drug-likeness (QED) is 0.243. The third-order valence-electron chi connectivity index (χ3n) is 5.69. The van der Waals surface area contributed by atoms with Gasteiger partial charge in [0.1, 0.15) is 17.1 Å². The average molecular weight is 627 g/mol. The van der Waals surface area contributed by atoms with Gasteiger partial charge in [0.15, 0.2) is 0 Å². The number of aromatic nitrogens is 4. The van der Waals surface area contributed by atoms with E-state index in [4.69, 9.17) is 4.74 Å². The molecule has 1 N–H and O–H groups in total. The van der Waals surface area contributed by atoms with Gasteiger partial charge in [-0.25, -0.2) is 9.97 Å². The Bertz CT molecular complexity index is 1680. The minimum atomic E-state index is 0. The number of fused-ring (bicyclic) bond motifs is 4. The summed E-state index contributed by atoms with van der Waals surface area (Å²) in [4.78, 5) is 13.6. The molecule has 0 amide bonds. The Morgan fingerprint density at radius 2 is 1.71 bits per heavy atom. The van der Waals surface area contributed by atoms with E-state index in [9.17, 15) is 5.11 Å². The molecule has 6 rings (SSSR count). The first kappa shape index (κ1) is 22.1. The van der Waals surface area contributed by atoms with Crippen molar-refractivity contribution < 1.29 is 30.9 Å². The maximum absolute atomic E-state index is 10.4. The van der Waals surface area contributed by atoms with Crippen LogP contribution in [0.2, 0.25) is 0 Å². The molecule has 6 aromatic rings. The van der Waals surface area contributed by atoms with Gasteiger partial charge in [-0.2, -0.15) is 6.07 Å². The number of para-hydroxylation sites is 1. The molecular weight excluding hydrogens is 607 g/mol. The molecule has 4 heterocycles. The largest absolute Gasteiger partial charge is 0.506 e. The Morgan fingerprint density at radius 3 is 2.53 bits per heavy atom. The number of pyridine rings is 3. The molecule has 0 unspecified atom stereocenters. The van der Waals surface area contributed by atoms with Crippen LogP contribution in [0.5, 0.6) is 17.4 Å². The summed E-state index contributed by atoms with van der Waals surface area (Å²) in [5.41, 5.74) is 4.60. The van der Waals surface area contributed by atoms with Crippen molar-refractivity contribution >= 4 is 32.8 Å². The van der Waals surface area contributed by atoms with Crippen molar-refractivity contribution in [1.29, 1.82) is 0 Å². The molecule has 0 aliphatic heterocycles. The molecule has 4 aromatic heterocycles. The van der Waals surface area contributed by atoms with Crippen LogP contribution in [0.1, 0.15) is 11.3 Å². The fourth-order valence-electron chi connectivity index (χ4n) is 4.25. The van der Waals surface area contributed by atoms with Gasteiger partial charge >= 0.3 is 0 Å². The van der Waals surface area contributed by atoms with Gasteiger partial charge in [-0.15, -0.1) is 17.5 Å². The molecule has 6 nitrogen and oxygen atoms in total. The Kier molecular flexibility index (Phi) is 5.54. The van der Waals surface area contributed by atoms with Crippen LogP contribution in [0.15, 0.2) is 72.9 Å². The molecule has 34 heavy (non-hydrogen) atoms. The summed E-state index contributed by atoms with van der Waals surface area (Å²) in [6.45, 7) is 3.77. The van der Waals surface area contributed by atoms with Crippen molar-refractivity contribution in [1.82, 2.24) is 19.5 Å². The molecule has 0 aliphatic carbocycles. The number of hydrogen-bond acceptors (Lipinski definition) is 5. The summed E-state index contributed by atoms with van der Waals surface area (Å²) < 4.78 is 8.19. The maximum Gasteiger partial charge on any atom is 0.217 e. The van der Waals surface area contributed by atoms with E-state index in [0.717, 1.165) is 38.9 Å². The summed E-state index contributed by atoms with van der Waals surface area (Å²) in [7, 11) is 0. The van der Waals surface area contributed by atoms with Gasteiger partial charge in [-0.05, 0) is 43.0 Å². The van der Waals surface area contributed by atoms with Gasteiger partial charge in [-0.1, -0.05) is 29.8 Å². The van der Waals surface area contributed by atoms with E-state index in [1.807, 2.05) is 62.4 Å². The van der Waals surface area contributed by atoms with Crippen LogP contribution in [-0.2, 0) is 21.1 Å². The molecule has 0 bridgehead atoms. The zero-order valence-corrected chi connectivity index (χ0v) is 20.7. The van der Waals surface area contributed by atoms with E-state index in [0.29, 0.717) is 22.7 Å². The predicted molar refractivity (Wildman–Crippen MR) is 128 cm³/mol. The zero-order chi connectivity index (χ0) is 22.5. The summed E-state index contributed by atoms with van der Waals surface area (Å²) in [6.07, 6.45) is 1.78. The van der Waals surface area contributed by atoms with E-state index in [1.165, 1.54) is 0 Å². The van der Waals surface area contributed by atoms with Crippen LogP contribution in [0.4, 0.5) is 0 Å². The van der Waals surface area contributed by atoms with Crippen LogP contribution in [-0.4, -0.2) is 24.6 Å². The first-order valence-corrected chi connectivity index (χ1v) is 10.6. The van der Waals surface area contributed by atoms with Crippen molar-refractivity contribution in [2.75, 3.05) is 0 Å². The standard InChI is InChI=1S/C27H19N4O2.Pt/c1-16-13-25(30-27-23(32)14-17(2)29-26(16)27)33-18-10-11-20-19-7-3-4-8-21(19)31(22(20)15-18)24-9-5-6-12-28-24;/h3-14H,1-2H3,(H,29,32);/q-1;. The Labute approximate surface area is 210 Å². The predicted octanol–water partition coefficient (Wildman–Crippen LogP) is 6.03. The van der Waals surface area contributed by atoms with Crippen LogP contribution in [0.3, 0.4) is 0 Å². The molecule has 0 saturated heterocycles. The smallest absolute Gasteiger partial charge is 0.217 e. The van der Waals surface area contributed by atoms with Crippen LogP contribution in [0, 0.1) is 19.9 Å². The van der Waals surface area contributed by atoms with E-state index in [1.54, 1.807) is 12.3 Å². The molecule has 0 spiro atoms. The summed E-state index contributed by atoms with van der Waals surface area (Å²) in [6, 6.07) is 24.8. The van der Waals surface area contributed by atoms with E-state index >= 15 is 0 Å². The molecule has 7 heteroatoms. The van der Waals surface area contributed by atoms with Crippen molar-refractivity contribution in [3.05, 3.63) is 90.3 Å². The Morgan fingerprint density at radius 1 is 0.882 bits per heavy atom. The third-order valence-corrected chi connectivity index (χ3v) is 5.69. The van der Waals surface area contributed by atoms with Gasteiger partial charge in [0.2, 0.25) is 5.88 Å². The zero-order valence-electron chi connectivity index (χ0n) is 18.4. The molecule has 2 aromatic carbocycles. The van der Waals surface area contributed by atoms with Crippen LogP contribution in [0.25, 0.3) is 38.7 Å². The minimum absolute atomic E-state index is 0. The van der Waals surface area contributed by atoms with E-state index in [2.05, 4.69) is 37.7 Å². The third kappa shape index (κ3) is 3.60. The van der Waals surface area contributed by atoms with Gasteiger partial charge in [0.05, 0.1) is 5.52 Å². The van der Waals surface area contributed by atoms with E-state index < -0.39 is 0 Å². The van der Waals surface area contributed by atoms with Gasteiger partial charge in [0.25, 0.3) is 0 Å². The number of aryl methyl sites for hydroxylation is 2. The number of hydrogen-bond donors (Lipinski definition) is 1. The first-order chi connectivity index (χ1) is 16.1. The molecular formula is C27H19N4O2Pt-. The molecule has 170 valence electrons. The maximum atomic E-state index is 10.4. The van der Waals surface area contributed by atoms with Gasteiger partial charge in [0, 0.05) is 56.4 Å². The molecule has 0 fully saturated rings. The summed E-state index contributed by atoms with van der Waals surface area (Å²) in [5, 5.41) is 12.6. The molecule has 0 radical (unpaired) electrons. The normalized spacial score (nSPS) is 11.1. The number of rotatable bonds is 3. The van der Waals surface area contributed by atoms with Crippen molar-refractivity contribution in [2.45, 2.75) is 13.8 Å². The average Bonchev–Trinajstić information content (AvgIpc) is 3.14. The summed E-state index contributed by atoms with van der Waals surface area (Å²) in [5.74, 6) is 1.79. The van der Waals surface area contributed by atoms with Gasteiger partial charge in [-0.3, -0.25) is 4.98 Å². The Balaban J connectivity index is 0.00000241. The minimum Gasteiger partial charge on any atom is -0.506 e. The number of aromatic hydroxyl groups is 1. The first-order valence-electron chi connectivity index (χ1n) is 10.6. The van der Waals surface area contributed by atoms with Crippen molar-refractivity contribution in [3.8, 4) is 23.2 Å². The van der Waals surface area contributed by atoms with Crippen LogP contribution >= 0.6 is 0 Å². The fraction of sp³-hybridized carbons (Fsp3) is 0.0741. The van der Waals surface area contributed by atoms with Crippen molar-refractivity contribution in [3.63, 3.8) is 0 Å². The summed E-state index contributed by atoms with van der Waals surface area (Å²) >= 11 is 0.